The molecule has 0 aliphatic carbocycles. The van der Waals surface area contributed by atoms with Crippen LogP contribution in [0.2, 0.25) is 0 Å². The molecule has 0 atom stereocenters. The SMILES string of the molecule is Cc1c(NCc2cccc(C#N)c2)cccc1C(=O)NCCO. The largest absolute Gasteiger partial charge is 0.395 e. The molecule has 0 unspecified atom stereocenters. The Balaban J connectivity index is 2.11. The van der Waals surface area contributed by atoms with Gasteiger partial charge in [0.15, 0.2) is 0 Å². The van der Waals surface area contributed by atoms with Crippen LogP contribution >= 0.6 is 0 Å². The molecule has 5 heteroatoms. The van der Waals surface area contributed by atoms with E-state index in [-0.39, 0.29) is 19.1 Å². The molecule has 2 aromatic carbocycles. The smallest absolute Gasteiger partial charge is 0.251 e. The van der Waals surface area contributed by atoms with E-state index in [1.54, 1.807) is 12.1 Å². The zero-order valence-corrected chi connectivity index (χ0v) is 13.0. The van der Waals surface area contributed by atoms with Crippen LogP contribution in [0, 0.1) is 18.3 Å². The number of nitriles is 1. The highest BCUT2D eigenvalue weighted by Gasteiger charge is 2.11. The molecule has 0 aliphatic heterocycles. The summed E-state index contributed by atoms with van der Waals surface area (Å²) in [6.07, 6.45) is 0. The number of carbonyl (C=O) groups is 1. The maximum absolute atomic E-state index is 12.0. The number of nitrogens with zero attached hydrogens (tertiary/aromatic N) is 1. The molecule has 2 rings (SSSR count). The van der Waals surface area contributed by atoms with Crippen LogP contribution < -0.4 is 10.6 Å². The van der Waals surface area contributed by atoms with Gasteiger partial charge in [0.2, 0.25) is 0 Å². The molecular weight excluding hydrogens is 290 g/mol. The van der Waals surface area contributed by atoms with Gasteiger partial charge in [-0.2, -0.15) is 5.26 Å². The summed E-state index contributed by atoms with van der Waals surface area (Å²) >= 11 is 0. The second kappa shape index (κ2) is 7.97. The van der Waals surface area contributed by atoms with Crippen LogP contribution in [-0.4, -0.2) is 24.2 Å². The van der Waals surface area contributed by atoms with Crippen LogP contribution in [0.5, 0.6) is 0 Å². The molecule has 0 aliphatic rings. The number of carbonyl (C=O) groups excluding carboxylic acids is 1. The molecule has 23 heavy (non-hydrogen) atoms. The number of benzene rings is 2. The van der Waals surface area contributed by atoms with Gasteiger partial charge >= 0.3 is 0 Å². The van der Waals surface area contributed by atoms with Gasteiger partial charge in [0, 0.05) is 24.3 Å². The van der Waals surface area contributed by atoms with Gasteiger partial charge in [-0.15, -0.1) is 0 Å². The first-order chi connectivity index (χ1) is 11.2. The zero-order valence-electron chi connectivity index (χ0n) is 13.0. The molecule has 0 aromatic heterocycles. The summed E-state index contributed by atoms with van der Waals surface area (Å²) < 4.78 is 0. The molecule has 0 saturated heterocycles. The number of nitrogens with one attached hydrogen (secondary N) is 2. The molecule has 118 valence electrons. The lowest BCUT2D eigenvalue weighted by molar-refractivity contribution is 0.0944. The molecule has 5 nitrogen and oxygen atoms in total. The Bertz CT molecular complexity index is 735. The van der Waals surface area contributed by atoms with E-state index in [1.807, 2.05) is 37.3 Å². The van der Waals surface area contributed by atoms with E-state index in [9.17, 15) is 4.79 Å². The summed E-state index contributed by atoms with van der Waals surface area (Å²) in [5.41, 5.74) is 3.91. The third-order valence-electron chi connectivity index (χ3n) is 3.51. The van der Waals surface area contributed by atoms with Crippen molar-refractivity contribution in [3.63, 3.8) is 0 Å². The highest BCUT2D eigenvalue weighted by Crippen LogP contribution is 2.20. The average molecular weight is 309 g/mol. The molecule has 2 aromatic rings. The van der Waals surface area contributed by atoms with E-state index in [1.165, 1.54) is 0 Å². The Hall–Kier alpha value is -2.84. The number of amides is 1. The molecule has 0 bridgehead atoms. The van der Waals surface area contributed by atoms with E-state index in [0.717, 1.165) is 16.8 Å². The topological polar surface area (TPSA) is 85.2 Å². The Morgan fingerprint density at radius 2 is 2.04 bits per heavy atom. The number of hydrogen-bond donors (Lipinski definition) is 3. The predicted molar refractivity (Wildman–Crippen MR) is 89.1 cm³/mol. The quantitative estimate of drug-likeness (QED) is 0.763. The molecule has 0 spiro atoms. The Morgan fingerprint density at radius 1 is 1.26 bits per heavy atom. The first-order valence-corrected chi connectivity index (χ1v) is 7.37. The number of anilines is 1. The van der Waals surface area contributed by atoms with Crippen molar-refractivity contribution in [1.29, 1.82) is 5.26 Å². The first kappa shape index (κ1) is 16.5. The lowest BCUT2D eigenvalue weighted by Crippen LogP contribution is -2.27. The minimum absolute atomic E-state index is 0.0854. The maximum Gasteiger partial charge on any atom is 0.251 e. The van der Waals surface area contributed by atoms with Gasteiger partial charge in [-0.3, -0.25) is 4.79 Å². The Labute approximate surface area is 135 Å². The van der Waals surface area contributed by atoms with Crippen LogP contribution in [-0.2, 0) is 6.54 Å². The van der Waals surface area contributed by atoms with Gasteiger partial charge in [-0.05, 0) is 42.3 Å². The first-order valence-electron chi connectivity index (χ1n) is 7.37. The van der Waals surface area contributed by atoms with Crippen molar-refractivity contribution < 1.29 is 9.90 Å². The van der Waals surface area contributed by atoms with Crippen LogP contribution in [0.3, 0.4) is 0 Å². The highest BCUT2D eigenvalue weighted by molar-refractivity contribution is 5.97. The summed E-state index contributed by atoms with van der Waals surface area (Å²) in [7, 11) is 0. The van der Waals surface area contributed by atoms with Gasteiger partial charge in [0.1, 0.15) is 0 Å². The Kier molecular flexibility index (Phi) is 5.73. The number of rotatable bonds is 6. The molecular formula is C18H19N3O2. The number of aliphatic hydroxyl groups is 1. The summed E-state index contributed by atoms with van der Waals surface area (Å²) in [6.45, 7) is 2.59. The van der Waals surface area contributed by atoms with Crippen molar-refractivity contribution in [2.45, 2.75) is 13.5 Å². The number of aliphatic hydroxyl groups excluding tert-OH is 1. The third kappa shape index (κ3) is 4.31. The van der Waals surface area contributed by atoms with Gasteiger partial charge in [-0.25, -0.2) is 0 Å². The maximum atomic E-state index is 12.0. The fraction of sp³-hybridized carbons (Fsp3) is 0.222. The van der Waals surface area contributed by atoms with Gasteiger partial charge < -0.3 is 15.7 Å². The summed E-state index contributed by atoms with van der Waals surface area (Å²) in [6, 6.07) is 15.0. The lowest BCUT2D eigenvalue weighted by Gasteiger charge is -2.13. The van der Waals surface area contributed by atoms with E-state index < -0.39 is 0 Å². The molecule has 0 fully saturated rings. The Morgan fingerprint density at radius 3 is 2.78 bits per heavy atom. The minimum atomic E-state index is -0.202. The van der Waals surface area contributed by atoms with Crippen molar-refractivity contribution in [3.05, 3.63) is 64.7 Å². The number of hydrogen-bond acceptors (Lipinski definition) is 4. The van der Waals surface area contributed by atoms with Crippen molar-refractivity contribution in [2.24, 2.45) is 0 Å². The van der Waals surface area contributed by atoms with Gasteiger partial charge in [-0.1, -0.05) is 18.2 Å². The van der Waals surface area contributed by atoms with Gasteiger partial charge in [0.25, 0.3) is 5.91 Å². The van der Waals surface area contributed by atoms with Crippen LogP contribution in [0.15, 0.2) is 42.5 Å². The second-order valence-corrected chi connectivity index (χ2v) is 5.12. The van der Waals surface area contributed by atoms with Crippen molar-refractivity contribution >= 4 is 11.6 Å². The van der Waals surface area contributed by atoms with Crippen molar-refractivity contribution in [3.8, 4) is 6.07 Å². The van der Waals surface area contributed by atoms with Crippen LogP contribution in [0.4, 0.5) is 5.69 Å². The van der Waals surface area contributed by atoms with Crippen molar-refractivity contribution in [2.75, 3.05) is 18.5 Å². The molecule has 0 radical (unpaired) electrons. The zero-order chi connectivity index (χ0) is 16.7. The van der Waals surface area contributed by atoms with Gasteiger partial charge in [0.05, 0.1) is 18.2 Å². The monoisotopic (exact) mass is 309 g/mol. The standard InChI is InChI=1S/C18H19N3O2/c1-13-16(18(23)20-8-9-22)6-3-7-17(13)21-12-15-5-2-4-14(10-15)11-19/h2-7,10,21-22H,8-9,12H2,1H3,(H,20,23). The summed E-state index contributed by atoms with van der Waals surface area (Å²) in [5.74, 6) is -0.202. The molecule has 0 heterocycles. The lowest BCUT2D eigenvalue weighted by atomic mass is 10.1. The average Bonchev–Trinajstić information content (AvgIpc) is 2.59. The van der Waals surface area contributed by atoms with E-state index >= 15 is 0 Å². The fourth-order valence-electron chi connectivity index (χ4n) is 2.29. The summed E-state index contributed by atoms with van der Waals surface area (Å²) in [4.78, 5) is 12.0. The van der Waals surface area contributed by atoms with Crippen LogP contribution in [0.1, 0.15) is 27.0 Å². The third-order valence-corrected chi connectivity index (χ3v) is 3.51. The minimum Gasteiger partial charge on any atom is -0.395 e. The van der Waals surface area contributed by atoms with Crippen LogP contribution in [0.25, 0.3) is 0 Å². The molecule has 0 saturated carbocycles. The van der Waals surface area contributed by atoms with E-state index in [2.05, 4.69) is 16.7 Å². The fourth-order valence-corrected chi connectivity index (χ4v) is 2.29. The highest BCUT2D eigenvalue weighted by atomic mass is 16.3. The molecule has 1 amide bonds. The summed E-state index contributed by atoms with van der Waals surface area (Å²) in [5, 5.41) is 23.7. The molecule has 3 N–H and O–H groups in total. The van der Waals surface area contributed by atoms with E-state index in [4.69, 9.17) is 10.4 Å². The normalized spacial score (nSPS) is 9.96. The van der Waals surface area contributed by atoms with Crippen molar-refractivity contribution in [1.82, 2.24) is 5.32 Å². The second-order valence-electron chi connectivity index (χ2n) is 5.12. The predicted octanol–water partition coefficient (Wildman–Crippen LogP) is 2.20. The van der Waals surface area contributed by atoms with E-state index in [0.29, 0.717) is 17.7 Å².